The van der Waals surface area contributed by atoms with Gasteiger partial charge in [-0.05, 0) is 35.7 Å². The summed E-state index contributed by atoms with van der Waals surface area (Å²) < 4.78 is 5.38. The van der Waals surface area contributed by atoms with Gasteiger partial charge in [0.25, 0.3) is 0 Å². The predicted molar refractivity (Wildman–Crippen MR) is 94.8 cm³/mol. The highest BCUT2D eigenvalue weighted by Gasteiger charge is 2.20. The molecule has 0 aliphatic carbocycles. The highest BCUT2D eigenvalue weighted by Crippen LogP contribution is 2.23. The molecule has 0 N–H and O–H groups in total. The van der Waals surface area contributed by atoms with Crippen molar-refractivity contribution in [3.05, 3.63) is 41.5 Å². The fraction of sp³-hybridized carbons (Fsp3) is 0.444. The van der Waals surface area contributed by atoms with Gasteiger partial charge in [0.05, 0.1) is 18.2 Å². The maximum Gasteiger partial charge on any atom is 0.410 e. The minimum absolute atomic E-state index is 0.218. The third kappa shape index (κ3) is 5.26. The molecule has 5 heteroatoms. The van der Waals surface area contributed by atoms with Gasteiger partial charge in [0.1, 0.15) is 0 Å². The van der Waals surface area contributed by atoms with E-state index in [9.17, 15) is 4.79 Å². The normalized spacial score (nSPS) is 14.9. The van der Waals surface area contributed by atoms with E-state index in [1.807, 2.05) is 18.2 Å². The number of ether oxygens (including phenoxy) is 1. The van der Waals surface area contributed by atoms with E-state index in [0.29, 0.717) is 25.3 Å². The molecule has 0 spiro atoms. The second-order valence-corrected chi connectivity index (χ2v) is 12.7. The summed E-state index contributed by atoms with van der Waals surface area (Å²) in [7, 11) is -1.17. The molecule has 1 aliphatic heterocycles. The molecule has 2 rings (SSSR count). The second kappa shape index (κ2) is 7.47. The lowest BCUT2D eigenvalue weighted by atomic mass is 9.98. The first-order chi connectivity index (χ1) is 10.9. The molecule has 0 bridgehead atoms. The summed E-state index contributed by atoms with van der Waals surface area (Å²) in [5, 5.41) is 8.98. The van der Waals surface area contributed by atoms with Crippen molar-refractivity contribution in [3.63, 3.8) is 0 Å². The number of carbonyl (C=O) groups excluding carboxylic acids is 1. The molecule has 1 heterocycles. The SMILES string of the molecule is C[Si](C)(C)CCOC(=O)N1CC=C(c2cccc(C#N)c2)CC1. The summed E-state index contributed by atoms with van der Waals surface area (Å²) >= 11 is 0. The lowest BCUT2D eigenvalue weighted by Gasteiger charge is -2.26. The Kier molecular flexibility index (Phi) is 5.62. The molecule has 4 nitrogen and oxygen atoms in total. The summed E-state index contributed by atoms with van der Waals surface area (Å²) in [6.07, 6.45) is 2.63. The van der Waals surface area contributed by atoms with Crippen LogP contribution in [-0.4, -0.2) is 38.8 Å². The van der Waals surface area contributed by atoms with Crippen LogP contribution in [0.4, 0.5) is 4.79 Å². The van der Waals surface area contributed by atoms with E-state index in [4.69, 9.17) is 10.00 Å². The number of amides is 1. The summed E-state index contributed by atoms with van der Waals surface area (Å²) in [4.78, 5) is 13.8. The van der Waals surface area contributed by atoms with Crippen LogP contribution in [0.25, 0.3) is 5.57 Å². The number of hydrogen-bond donors (Lipinski definition) is 0. The molecule has 1 aromatic carbocycles. The quantitative estimate of drug-likeness (QED) is 0.781. The van der Waals surface area contributed by atoms with E-state index in [0.717, 1.165) is 18.0 Å². The number of hydrogen-bond acceptors (Lipinski definition) is 3. The molecule has 1 aromatic rings. The number of nitriles is 1. The van der Waals surface area contributed by atoms with Crippen molar-refractivity contribution in [3.8, 4) is 6.07 Å². The summed E-state index contributed by atoms with van der Waals surface area (Å²) in [6, 6.07) is 10.8. The molecular weight excluding hydrogens is 304 g/mol. The van der Waals surface area contributed by atoms with Crippen molar-refractivity contribution in [1.82, 2.24) is 4.90 Å². The molecule has 0 fully saturated rings. The molecular formula is C18H24N2O2Si. The Morgan fingerprint density at radius 3 is 2.78 bits per heavy atom. The molecule has 0 saturated heterocycles. The average Bonchev–Trinajstić information content (AvgIpc) is 2.54. The molecule has 122 valence electrons. The van der Waals surface area contributed by atoms with E-state index in [1.54, 1.807) is 11.0 Å². The van der Waals surface area contributed by atoms with Crippen molar-refractivity contribution in [1.29, 1.82) is 5.26 Å². The Morgan fingerprint density at radius 2 is 2.17 bits per heavy atom. The summed E-state index contributed by atoms with van der Waals surface area (Å²) in [5.74, 6) is 0. The van der Waals surface area contributed by atoms with Gasteiger partial charge in [0, 0.05) is 21.2 Å². The van der Waals surface area contributed by atoms with Crippen molar-refractivity contribution in [2.24, 2.45) is 0 Å². The van der Waals surface area contributed by atoms with Crippen LogP contribution in [0.15, 0.2) is 30.3 Å². The zero-order valence-corrected chi connectivity index (χ0v) is 15.1. The first-order valence-electron chi connectivity index (χ1n) is 8.00. The van der Waals surface area contributed by atoms with Gasteiger partial charge < -0.3 is 9.64 Å². The first-order valence-corrected chi connectivity index (χ1v) is 11.7. The van der Waals surface area contributed by atoms with Gasteiger partial charge in [-0.15, -0.1) is 0 Å². The third-order valence-electron chi connectivity index (χ3n) is 3.91. The van der Waals surface area contributed by atoms with Gasteiger partial charge in [-0.1, -0.05) is 37.8 Å². The molecule has 0 radical (unpaired) electrons. The Hall–Kier alpha value is -2.06. The highest BCUT2D eigenvalue weighted by atomic mass is 28.3. The molecule has 0 atom stereocenters. The minimum atomic E-state index is -1.17. The molecule has 23 heavy (non-hydrogen) atoms. The molecule has 0 aromatic heterocycles. The van der Waals surface area contributed by atoms with Crippen molar-refractivity contribution >= 4 is 19.7 Å². The van der Waals surface area contributed by atoms with E-state index >= 15 is 0 Å². The van der Waals surface area contributed by atoms with Crippen LogP contribution in [0, 0.1) is 11.3 Å². The monoisotopic (exact) mass is 328 g/mol. The van der Waals surface area contributed by atoms with Crippen molar-refractivity contribution in [2.75, 3.05) is 19.7 Å². The smallest absolute Gasteiger partial charge is 0.410 e. The van der Waals surface area contributed by atoms with Gasteiger partial charge >= 0.3 is 6.09 Å². The van der Waals surface area contributed by atoms with Crippen LogP contribution >= 0.6 is 0 Å². The van der Waals surface area contributed by atoms with Crippen molar-refractivity contribution in [2.45, 2.75) is 32.1 Å². The fourth-order valence-corrected chi connectivity index (χ4v) is 3.14. The van der Waals surface area contributed by atoms with E-state index in [1.165, 1.54) is 5.57 Å². The Morgan fingerprint density at radius 1 is 1.39 bits per heavy atom. The van der Waals surface area contributed by atoms with Crippen LogP contribution in [-0.2, 0) is 4.74 Å². The van der Waals surface area contributed by atoms with Crippen LogP contribution in [0.2, 0.25) is 25.7 Å². The van der Waals surface area contributed by atoms with Crippen LogP contribution in [0.5, 0.6) is 0 Å². The zero-order chi connectivity index (χ0) is 16.9. The molecule has 0 unspecified atom stereocenters. The maximum atomic E-state index is 12.1. The average molecular weight is 328 g/mol. The van der Waals surface area contributed by atoms with E-state index in [2.05, 4.69) is 31.8 Å². The Bertz CT molecular complexity index is 641. The topological polar surface area (TPSA) is 53.3 Å². The first kappa shape index (κ1) is 17.3. The Labute approximate surface area is 139 Å². The van der Waals surface area contributed by atoms with Gasteiger partial charge in [-0.2, -0.15) is 5.26 Å². The van der Waals surface area contributed by atoms with Crippen LogP contribution < -0.4 is 0 Å². The van der Waals surface area contributed by atoms with Gasteiger partial charge in [0.15, 0.2) is 0 Å². The molecule has 1 aliphatic rings. The largest absolute Gasteiger partial charge is 0.450 e. The maximum absolute atomic E-state index is 12.1. The minimum Gasteiger partial charge on any atom is -0.450 e. The molecule has 0 saturated carbocycles. The highest BCUT2D eigenvalue weighted by molar-refractivity contribution is 6.76. The standard InChI is InChI=1S/C18H24N2O2Si/c1-23(2,3)12-11-22-18(21)20-9-7-16(8-10-20)17-6-4-5-15(13-17)14-19/h4-7,13H,8-12H2,1-3H3. The molecule has 1 amide bonds. The van der Waals surface area contributed by atoms with Gasteiger partial charge in [-0.3, -0.25) is 0 Å². The number of rotatable bonds is 4. The second-order valence-electron chi connectivity index (χ2n) is 7.04. The number of carbonyl (C=O) groups is 1. The fourth-order valence-electron chi connectivity index (χ4n) is 2.42. The van der Waals surface area contributed by atoms with E-state index in [-0.39, 0.29) is 6.09 Å². The Balaban J connectivity index is 1.90. The van der Waals surface area contributed by atoms with Gasteiger partial charge in [0.2, 0.25) is 0 Å². The number of benzene rings is 1. The van der Waals surface area contributed by atoms with Gasteiger partial charge in [-0.25, -0.2) is 4.79 Å². The van der Waals surface area contributed by atoms with E-state index < -0.39 is 8.07 Å². The zero-order valence-electron chi connectivity index (χ0n) is 14.1. The van der Waals surface area contributed by atoms with Crippen LogP contribution in [0.3, 0.4) is 0 Å². The lowest BCUT2D eigenvalue weighted by molar-refractivity contribution is 0.111. The van der Waals surface area contributed by atoms with Crippen LogP contribution in [0.1, 0.15) is 17.5 Å². The predicted octanol–water partition coefficient (Wildman–Crippen LogP) is 4.12. The summed E-state index contributed by atoms with van der Waals surface area (Å²) in [6.45, 7) is 8.56. The van der Waals surface area contributed by atoms with Crippen molar-refractivity contribution < 1.29 is 9.53 Å². The number of nitrogens with zero attached hydrogens (tertiary/aromatic N) is 2. The third-order valence-corrected chi connectivity index (χ3v) is 5.61. The summed E-state index contributed by atoms with van der Waals surface area (Å²) in [5.41, 5.74) is 2.92. The lowest BCUT2D eigenvalue weighted by Crippen LogP contribution is -2.36.